The van der Waals surface area contributed by atoms with Gasteiger partial charge in [-0.2, -0.15) is 37.2 Å². The summed E-state index contributed by atoms with van der Waals surface area (Å²) in [7, 11) is -10.1. The van der Waals surface area contributed by atoms with Crippen molar-refractivity contribution in [3.8, 4) is 11.5 Å². The Labute approximate surface area is 269 Å². The average Bonchev–Trinajstić information content (AvgIpc) is 3.06. The topological polar surface area (TPSA) is 244 Å². The van der Waals surface area contributed by atoms with Gasteiger partial charge in [-0.1, -0.05) is 0 Å². The minimum absolute atomic E-state index is 0. The predicted molar refractivity (Wildman–Crippen MR) is 124 cm³/mol. The first-order valence-electron chi connectivity index (χ1n) is 8.37. The number of anilines is 1. The van der Waals surface area contributed by atoms with Crippen LogP contribution in [0.15, 0.2) is 55.5 Å². The molecule has 20 heteroatoms. The van der Waals surface area contributed by atoms with E-state index < -0.39 is 70.7 Å². The molecule has 2 aromatic rings. The van der Waals surface area contributed by atoms with Crippen LogP contribution in [-0.2, 0) is 25.0 Å². The number of carboxylic acids is 1. The number of rotatable bonds is 6. The van der Waals surface area contributed by atoms with Gasteiger partial charge in [0.15, 0.2) is 11.8 Å². The summed E-state index contributed by atoms with van der Waals surface area (Å²) in [5, 5.41) is 40.1. The maximum atomic E-state index is 12.5. The number of benzene rings is 2. The summed E-state index contributed by atoms with van der Waals surface area (Å²) < 4.78 is 63.9. The predicted octanol–water partition coefficient (Wildman–Crippen LogP) is -0.368. The Balaban J connectivity index is 0.00000408. The summed E-state index contributed by atoms with van der Waals surface area (Å²) in [6.07, 6.45) is 0.951. The van der Waals surface area contributed by atoms with Crippen LogP contribution in [0.2, 0.25) is 0 Å². The van der Waals surface area contributed by atoms with E-state index in [1.807, 2.05) is 0 Å². The summed E-state index contributed by atoms with van der Waals surface area (Å²) >= 11 is 0. The van der Waals surface area contributed by atoms with E-state index in [4.69, 9.17) is 14.2 Å². The fourth-order valence-electron chi connectivity index (χ4n) is 2.59. The van der Waals surface area contributed by atoms with E-state index in [1.165, 1.54) is 6.07 Å². The molecule has 15 nitrogen and oxygen atoms in total. The molecule has 2 aromatic carbocycles. The number of amides is 1. The normalized spacial score (nSPS) is 15.2. The summed E-state index contributed by atoms with van der Waals surface area (Å²) in [6, 6.07) is 2.54. The quantitative estimate of drug-likeness (QED) is 0.171. The van der Waals surface area contributed by atoms with Crippen molar-refractivity contribution >= 4 is 138 Å². The molecule has 1 amide bonds. The number of hydrogen-bond donors (Lipinski definition) is 5. The molecule has 1 aliphatic heterocycles. The minimum atomic E-state index is -5.14. The zero-order valence-electron chi connectivity index (χ0n) is 18.8. The van der Waals surface area contributed by atoms with Crippen LogP contribution < -0.4 is 5.01 Å². The van der Waals surface area contributed by atoms with Crippen LogP contribution in [0.4, 0.5) is 11.4 Å². The maximum Gasteiger partial charge on any atom is 0.339 e. The minimum Gasteiger partial charge on any atom is -0.507 e. The number of azo groups is 1. The fourth-order valence-corrected chi connectivity index (χ4v) is 3.82. The molecular formula is C16H12N4Na3O11S2. The number of hydrogen-bond acceptors (Lipinski definition) is 11. The number of carbonyl (C=O) groups excluding carboxylic acids is 1. The summed E-state index contributed by atoms with van der Waals surface area (Å²) in [5.41, 5.74) is -1.38. The molecule has 0 saturated carbocycles. The molecule has 0 saturated heterocycles. The van der Waals surface area contributed by atoms with Crippen molar-refractivity contribution in [2.45, 2.75) is 15.8 Å². The van der Waals surface area contributed by atoms with E-state index in [0.29, 0.717) is 6.07 Å². The van der Waals surface area contributed by atoms with Gasteiger partial charge in [-0.05, 0) is 30.3 Å². The van der Waals surface area contributed by atoms with E-state index in [9.17, 15) is 36.6 Å². The molecule has 0 aromatic heterocycles. The number of nitrogens with zero attached hydrogens (tertiary/aromatic N) is 4. The van der Waals surface area contributed by atoms with Crippen molar-refractivity contribution in [1.82, 2.24) is 0 Å². The summed E-state index contributed by atoms with van der Waals surface area (Å²) in [4.78, 5) is 21.3. The molecule has 3 radical (unpaired) electrons. The zero-order valence-corrected chi connectivity index (χ0v) is 26.5. The second-order valence-corrected chi connectivity index (χ2v) is 9.13. The third-order valence-electron chi connectivity index (χ3n) is 4.13. The van der Waals surface area contributed by atoms with Crippen molar-refractivity contribution in [2.75, 3.05) is 5.01 Å². The van der Waals surface area contributed by atoms with Gasteiger partial charge in [-0.15, -0.1) is 0 Å². The molecule has 0 bridgehead atoms. The van der Waals surface area contributed by atoms with Crippen LogP contribution >= 0.6 is 0 Å². The molecule has 1 unspecified atom stereocenters. The van der Waals surface area contributed by atoms with Crippen LogP contribution in [-0.4, -0.2) is 154 Å². The third-order valence-corrected chi connectivity index (χ3v) is 5.83. The van der Waals surface area contributed by atoms with Crippen molar-refractivity contribution in [3.63, 3.8) is 0 Å². The number of aromatic carboxylic acids is 1. The Morgan fingerprint density at radius 3 is 2.11 bits per heavy atom. The number of phenols is 2. The Hall–Kier alpha value is -0.930. The summed E-state index contributed by atoms with van der Waals surface area (Å²) in [6.45, 7) is 0. The number of phenolic OH excluding ortho intramolecular Hbond substituents is 1. The van der Waals surface area contributed by atoms with Gasteiger partial charge in [-0.3, -0.25) is 13.9 Å². The van der Waals surface area contributed by atoms with Gasteiger partial charge in [-0.25, -0.2) is 4.79 Å². The number of carbonyl (C=O) groups is 2. The zero-order chi connectivity index (χ0) is 24.7. The standard InChI is InChI=1S/C16H12N4O11S2.3Na/c21-12-2-1-7(3-9(12)16(24)25)20-15(23)11(6-17-20)19-18-10-4-8(32(26,27)28)5-13(14(10)22)33(29,30)31;;;/h1-6,11,21-22H,(H,24,25)(H,26,27,28)(H,29,30,31);;;. The number of hydrazone groups is 1. The second kappa shape index (κ2) is 13.2. The smallest absolute Gasteiger partial charge is 0.339 e. The van der Waals surface area contributed by atoms with E-state index in [1.54, 1.807) is 0 Å². The van der Waals surface area contributed by atoms with Gasteiger partial charge < -0.3 is 15.3 Å². The first-order valence-corrected chi connectivity index (χ1v) is 11.3. The second-order valence-electron chi connectivity index (χ2n) is 6.32. The average molecular weight is 569 g/mol. The van der Waals surface area contributed by atoms with E-state index in [-0.39, 0.29) is 100 Å². The van der Waals surface area contributed by atoms with E-state index in [2.05, 4.69) is 15.3 Å². The fraction of sp³-hybridized carbons (Fsp3) is 0.0625. The number of aromatic hydroxyl groups is 2. The molecule has 0 fully saturated rings. The van der Waals surface area contributed by atoms with Gasteiger partial charge in [0.2, 0.25) is 0 Å². The number of carboxylic acid groups (broad SMARTS) is 1. The van der Waals surface area contributed by atoms with Crippen molar-refractivity contribution in [3.05, 3.63) is 35.9 Å². The van der Waals surface area contributed by atoms with Gasteiger partial charge in [0.05, 0.1) is 16.8 Å². The van der Waals surface area contributed by atoms with Crippen LogP contribution in [0.1, 0.15) is 10.4 Å². The molecular weight excluding hydrogens is 557 g/mol. The molecule has 1 atom stereocenters. The van der Waals surface area contributed by atoms with Crippen LogP contribution in [0.25, 0.3) is 0 Å². The molecule has 1 heterocycles. The Bertz CT molecular complexity index is 1460. The first-order chi connectivity index (χ1) is 15.2. The van der Waals surface area contributed by atoms with Crippen LogP contribution in [0.3, 0.4) is 0 Å². The maximum absolute atomic E-state index is 12.5. The van der Waals surface area contributed by atoms with Gasteiger partial charge in [0, 0.05) is 88.7 Å². The largest absolute Gasteiger partial charge is 0.507 e. The molecule has 177 valence electrons. The SMILES string of the molecule is O=C(O)c1cc(N2N=CC(N=Nc3cc(S(=O)(=O)O)cc(S(=O)(=O)O)c3O)C2=O)ccc1O.[Na].[Na].[Na]. The Morgan fingerprint density at radius 2 is 1.58 bits per heavy atom. The third kappa shape index (κ3) is 7.79. The van der Waals surface area contributed by atoms with Crippen LogP contribution in [0, 0.1) is 0 Å². The Morgan fingerprint density at radius 1 is 0.972 bits per heavy atom. The molecule has 3 rings (SSSR count). The van der Waals surface area contributed by atoms with Gasteiger partial charge in [0.1, 0.15) is 21.9 Å². The summed E-state index contributed by atoms with van der Waals surface area (Å²) in [5.74, 6) is -4.11. The Kier molecular flexibility index (Phi) is 12.9. The van der Waals surface area contributed by atoms with Crippen molar-refractivity contribution < 1.29 is 50.8 Å². The van der Waals surface area contributed by atoms with E-state index in [0.717, 1.165) is 23.4 Å². The molecule has 36 heavy (non-hydrogen) atoms. The first kappa shape index (κ1) is 35.1. The van der Waals surface area contributed by atoms with Crippen LogP contribution in [0.5, 0.6) is 11.5 Å². The molecule has 0 aliphatic carbocycles. The van der Waals surface area contributed by atoms with Crippen molar-refractivity contribution in [2.24, 2.45) is 15.3 Å². The van der Waals surface area contributed by atoms with Gasteiger partial charge in [0.25, 0.3) is 26.1 Å². The molecule has 0 spiro atoms. The van der Waals surface area contributed by atoms with E-state index >= 15 is 0 Å². The van der Waals surface area contributed by atoms with Crippen molar-refractivity contribution in [1.29, 1.82) is 0 Å². The molecule has 1 aliphatic rings. The molecule has 5 N–H and O–H groups in total. The monoisotopic (exact) mass is 569 g/mol. The van der Waals surface area contributed by atoms with Gasteiger partial charge >= 0.3 is 5.97 Å².